The summed E-state index contributed by atoms with van der Waals surface area (Å²) in [7, 11) is 1.99. The lowest BCUT2D eigenvalue weighted by Crippen LogP contribution is -2.05. The molecule has 3 rings (SSSR count). The zero-order chi connectivity index (χ0) is 13.4. The smallest absolute Gasteiger partial charge is 0.0717 e. The minimum absolute atomic E-state index is 0.793. The highest BCUT2D eigenvalue weighted by Gasteiger charge is 2.08. The predicted molar refractivity (Wildman–Crippen MR) is 78.0 cm³/mol. The van der Waals surface area contributed by atoms with Gasteiger partial charge in [-0.3, -0.25) is 4.68 Å². The lowest BCUT2D eigenvalue weighted by molar-refractivity contribution is 0.670. The number of hydrogen-bond acceptors (Lipinski definition) is 2. The number of aromatic nitrogens is 3. The normalized spacial score (nSPS) is 11.3. The van der Waals surface area contributed by atoms with Gasteiger partial charge in [-0.15, -0.1) is 0 Å². The van der Waals surface area contributed by atoms with Crippen LogP contribution in [0.1, 0.15) is 18.3 Å². The van der Waals surface area contributed by atoms with E-state index in [4.69, 9.17) is 5.73 Å². The third-order valence-electron chi connectivity index (χ3n) is 3.54. The summed E-state index contributed by atoms with van der Waals surface area (Å²) in [6.07, 6.45) is 3.04. The van der Waals surface area contributed by atoms with Crippen LogP contribution in [0.3, 0.4) is 0 Å². The molecule has 3 aromatic rings. The van der Waals surface area contributed by atoms with Crippen LogP contribution in [0.15, 0.2) is 36.5 Å². The van der Waals surface area contributed by atoms with Crippen molar-refractivity contribution < 1.29 is 0 Å². The fourth-order valence-electron chi connectivity index (χ4n) is 2.49. The van der Waals surface area contributed by atoms with E-state index in [1.807, 2.05) is 23.9 Å². The van der Waals surface area contributed by atoms with Gasteiger partial charge in [0, 0.05) is 18.6 Å². The van der Waals surface area contributed by atoms with Crippen molar-refractivity contribution in [1.29, 1.82) is 0 Å². The molecule has 0 aliphatic carbocycles. The van der Waals surface area contributed by atoms with E-state index in [1.54, 1.807) is 0 Å². The molecule has 2 aromatic heterocycles. The number of fused-ring (bicyclic) bond motifs is 1. The molecule has 0 saturated heterocycles. The minimum atomic E-state index is 0.793. The first-order chi connectivity index (χ1) is 9.19. The van der Waals surface area contributed by atoms with Crippen molar-refractivity contribution >= 4 is 16.6 Å². The number of anilines is 1. The molecule has 4 nitrogen and oxygen atoms in total. The van der Waals surface area contributed by atoms with E-state index in [0.717, 1.165) is 29.9 Å². The third kappa shape index (κ3) is 1.99. The monoisotopic (exact) mass is 254 g/mol. The highest BCUT2D eigenvalue weighted by Crippen LogP contribution is 2.23. The standard InChI is InChI=1S/C15H18N4/c1-3-12-9-13(18(2)17-12)10-19-8-7-11-5-4-6-14(16)15(11)19/h4-9H,3,10,16H2,1-2H3. The van der Waals surface area contributed by atoms with E-state index in [1.165, 1.54) is 11.1 Å². The van der Waals surface area contributed by atoms with Crippen molar-refractivity contribution in [3.8, 4) is 0 Å². The molecule has 0 aliphatic rings. The van der Waals surface area contributed by atoms with Gasteiger partial charge >= 0.3 is 0 Å². The van der Waals surface area contributed by atoms with Crippen molar-refractivity contribution in [1.82, 2.24) is 14.3 Å². The Balaban J connectivity index is 2.03. The molecule has 0 aliphatic heterocycles. The van der Waals surface area contributed by atoms with Gasteiger partial charge in [-0.25, -0.2) is 0 Å². The molecule has 0 radical (unpaired) electrons. The zero-order valence-electron chi connectivity index (χ0n) is 11.3. The first kappa shape index (κ1) is 11.8. The van der Waals surface area contributed by atoms with Gasteiger partial charge in [-0.2, -0.15) is 5.10 Å². The van der Waals surface area contributed by atoms with Crippen LogP contribution in [0.2, 0.25) is 0 Å². The summed E-state index contributed by atoms with van der Waals surface area (Å²) in [5, 5.41) is 5.66. The van der Waals surface area contributed by atoms with Crippen LogP contribution in [0.4, 0.5) is 5.69 Å². The van der Waals surface area contributed by atoms with Crippen molar-refractivity contribution in [2.45, 2.75) is 19.9 Å². The summed E-state index contributed by atoms with van der Waals surface area (Å²) in [6.45, 7) is 2.91. The number of hydrogen-bond donors (Lipinski definition) is 1. The Morgan fingerprint density at radius 1 is 1.26 bits per heavy atom. The van der Waals surface area contributed by atoms with Crippen LogP contribution in [-0.2, 0) is 20.0 Å². The number of nitrogens with two attached hydrogens (primary N) is 1. The number of para-hydroxylation sites is 1. The second-order valence-electron chi connectivity index (χ2n) is 4.83. The molecule has 2 heterocycles. The van der Waals surface area contributed by atoms with Crippen LogP contribution < -0.4 is 5.73 Å². The van der Waals surface area contributed by atoms with Crippen molar-refractivity contribution in [3.05, 3.63) is 47.9 Å². The molecular formula is C15H18N4. The Labute approximate surface area is 112 Å². The molecule has 1 aromatic carbocycles. The summed E-state index contributed by atoms with van der Waals surface area (Å²) in [5.74, 6) is 0. The summed E-state index contributed by atoms with van der Waals surface area (Å²) in [4.78, 5) is 0. The molecule has 2 N–H and O–H groups in total. The third-order valence-corrected chi connectivity index (χ3v) is 3.54. The molecule has 4 heteroatoms. The highest BCUT2D eigenvalue weighted by atomic mass is 15.3. The number of benzene rings is 1. The number of nitrogen functional groups attached to an aromatic ring is 1. The first-order valence-electron chi connectivity index (χ1n) is 6.54. The molecule has 19 heavy (non-hydrogen) atoms. The van der Waals surface area contributed by atoms with Crippen LogP contribution in [0, 0.1) is 0 Å². The van der Waals surface area contributed by atoms with E-state index >= 15 is 0 Å². The van der Waals surface area contributed by atoms with E-state index < -0.39 is 0 Å². The Kier molecular flexibility index (Phi) is 2.78. The quantitative estimate of drug-likeness (QED) is 0.730. The maximum Gasteiger partial charge on any atom is 0.0717 e. The van der Waals surface area contributed by atoms with Gasteiger partial charge in [0.1, 0.15) is 0 Å². The molecule has 0 amide bonds. The highest BCUT2D eigenvalue weighted by molar-refractivity contribution is 5.90. The average Bonchev–Trinajstić information content (AvgIpc) is 2.96. The topological polar surface area (TPSA) is 48.8 Å². The Morgan fingerprint density at radius 3 is 2.84 bits per heavy atom. The van der Waals surface area contributed by atoms with E-state index in [2.05, 4.69) is 41.0 Å². The molecule has 0 saturated carbocycles. The second-order valence-corrected chi connectivity index (χ2v) is 4.83. The second kappa shape index (κ2) is 4.46. The molecule has 0 bridgehead atoms. The lowest BCUT2D eigenvalue weighted by Gasteiger charge is -2.07. The molecule has 0 unspecified atom stereocenters. The van der Waals surface area contributed by atoms with Gasteiger partial charge in [-0.1, -0.05) is 19.1 Å². The minimum Gasteiger partial charge on any atom is -0.397 e. The van der Waals surface area contributed by atoms with Gasteiger partial charge < -0.3 is 10.3 Å². The average molecular weight is 254 g/mol. The van der Waals surface area contributed by atoms with Crippen LogP contribution in [0.25, 0.3) is 10.9 Å². The molecule has 0 spiro atoms. The fraction of sp³-hybridized carbons (Fsp3) is 0.267. The van der Waals surface area contributed by atoms with E-state index in [9.17, 15) is 0 Å². The summed E-state index contributed by atoms with van der Waals surface area (Å²) in [5.41, 5.74) is 10.3. The number of nitrogens with zero attached hydrogens (tertiary/aromatic N) is 3. The van der Waals surface area contributed by atoms with Gasteiger partial charge in [0.05, 0.1) is 29.1 Å². The molecule has 0 fully saturated rings. The predicted octanol–water partition coefficient (Wildman–Crippen LogP) is 2.57. The molecule has 98 valence electrons. The summed E-state index contributed by atoms with van der Waals surface area (Å²) < 4.78 is 4.13. The number of aryl methyl sites for hydroxylation is 2. The maximum atomic E-state index is 6.08. The van der Waals surface area contributed by atoms with E-state index in [0.29, 0.717) is 0 Å². The van der Waals surface area contributed by atoms with Gasteiger partial charge in [0.2, 0.25) is 0 Å². The van der Waals surface area contributed by atoms with Crippen LogP contribution in [-0.4, -0.2) is 14.3 Å². The molecule has 0 atom stereocenters. The van der Waals surface area contributed by atoms with Gasteiger partial charge in [0.25, 0.3) is 0 Å². The van der Waals surface area contributed by atoms with Crippen LogP contribution >= 0.6 is 0 Å². The fourth-order valence-corrected chi connectivity index (χ4v) is 2.49. The van der Waals surface area contributed by atoms with Crippen molar-refractivity contribution in [3.63, 3.8) is 0 Å². The summed E-state index contributed by atoms with van der Waals surface area (Å²) in [6, 6.07) is 10.3. The maximum absolute atomic E-state index is 6.08. The largest absolute Gasteiger partial charge is 0.397 e. The Hall–Kier alpha value is -2.23. The van der Waals surface area contributed by atoms with Crippen LogP contribution in [0.5, 0.6) is 0 Å². The Morgan fingerprint density at radius 2 is 2.11 bits per heavy atom. The number of rotatable bonds is 3. The zero-order valence-corrected chi connectivity index (χ0v) is 11.3. The Bertz CT molecular complexity index is 721. The van der Waals surface area contributed by atoms with Crippen molar-refractivity contribution in [2.24, 2.45) is 7.05 Å². The lowest BCUT2D eigenvalue weighted by atomic mass is 10.2. The first-order valence-corrected chi connectivity index (χ1v) is 6.54. The molecular weight excluding hydrogens is 236 g/mol. The van der Waals surface area contributed by atoms with E-state index in [-0.39, 0.29) is 0 Å². The SMILES string of the molecule is CCc1cc(Cn2ccc3cccc(N)c32)n(C)n1. The van der Waals surface area contributed by atoms with Gasteiger partial charge in [0.15, 0.2) is 0 Å². The summed E-state index contributed by atoms with van der Waals surface area (Å²) >= 11 is 0. The van der Waals surface area contributed by atoms with Gasteiger partial charge in [-0.05, 0) is 24.6 Å². The van der Waals surface area contributed by atoms with Crippen molar-refractivity contribution in [2.75, 3.05) is 5.73 Å².